The topological polar surface area (TPSA) is 330 Å². The zero-order valence-corrected chi connectivity index (χ0v) is 44.5. The predicted molar refractivity (Wildman–Crippen MR) is 279 cm³/mol. The van der Waals surface area contributed by atoms with E-state index in [2.05, 4.69) is 16.0 Å². The third-order valence-corrected chi connectivity index (χ3v) is 13.5. The molecule has 2 saturated heterocycles. The zero-order chi connectivity index (χ0) is 55.8. The first kappa shape index (κ1) is 65.3. The Morgan fingerprint density at radius 1 is 0.707 bits per heavy atom. The van der Waals surface area contributed by atoms with Crippen molar-refractivity contribution in [2.45, 2.75) is 177 Å². The predicted octanol–water partition coefficient (Wildman–Crippen LogP) is -0.318. The van der Waals surface area contributed by atoms with Crippen LogP contribution in [0, 0.1) is 17.8 Å². The number of cyclic esters (lactones) is 1. The molecule has 2 amide bonds. The highest BCUT2D eigenvalue weighted by Crippen LogP contribution is 2.38. The van der Waals surface area contributed by atoms with Gasteiger partial charge < -0.3 is 90.9 Å². The van der Waals surface area contributed by atoms with Crippen LogP contribution in [0.4, 0.5) is 0 Å². The lowest BCUT2D eigenvalue weighted by atomic mass is 9.82. The molecule has 2 fully saturated rings. The van der Waals surface area contributed by atoms with E-state index >= 15 is 0 Å². The number of ether oxygens (including phenoxy) is 4. The summed E-state index contributed by atoms with van der Waals surface area (Å²) in [7, 11) is 5.19. The third-order valence-electron chi connectivity index (χ3n) is 13.5. The first-order chi connectivity index (χ1) is 35.4. The second-order valence-corrected chi connectivity index (χ2v) is 20.4. The number of allylic oxidation sites excluding steroid dienone is 12. The Morgan fingerprint density at radius 2 is 1.31 bits per heavy atom. The molecule has 0 saturated carbocycles. The minimum absolute atomic E-state index is 0.106. The first-order valence-electron chi connectivity index (χ1n) is 26.0. The Hall–Kier alpha value is -4.01. The van der Waals surface area contributed by atoms with E-state index in [1.54, 1.807) is 75.6 Å². The molecule has 21 heteroatoms. The molecular weight excluding hydrogens is 977 g/mol. The van der Waals surface area contributed by atoms with E-state index in [0.29, 0.717) is 6.54 Å². The molecule has 0 unspecified atom stereocenters. The van der Waals surface area contributed by atoms with Crippen molar-refractivity contribution in [1.82, 2.24) is 20.9 Å². The quantitative estimate of drug-likeness (QED) is 0.132. The summed E-state index contributed by atoms with van der Waals surface area (Å²) in [5, 5.41) is 119. The van der Waals surface area contributed by atoms with Crippen LogP contribution in [-0.4, -0.2) is 212 Å². The van der Waals surface area contributed by atoms with E-state index in [4.69, 9.17) is 18.9 Å². The first-order valence-corrected chi connectivity index (χ1v) is 26.0. The van der Waals surface area contributed by atoms with Crippen molar-refractivity contribution in [3.63, 3.8) is 0 Å². The Bertz CT molecular complexity index is 1930. The summed E-state index contributed by atoms with van der Waals surface area (Å²) in [6, 6.07) is -1.22. The molecule has 3 heterocycles. The second-order valence-electron chi connectivity index (χ2n) is 20.4. The number of hydrogen-bond donors (Lipinski definition) is 13. The number of aliphatic hydroxyl groups excluding tert-OH is 9. The SMILES string of the molecule is CNCC(=O)N[C@@H]1[C@H](O)[C@H](O[C@H]2/C=C/C=C\C=C/C=C\C=C/C=C\C=C/[C@H](C)[C@@H](O)[C@@H](C)[C@H](C)OC(=O)C[C@H](O)C[C@H](O)CC[C@@H](O)[C@H](O)C[C@H](O)C[C@]3(O)C[C@H](O)[C@@H](C(=O)NCCN(C)C)[C@H](C2)O3)O[C@H](C)[C@H]1O. The molecule has 75 heavy (non-hydrogen) atoms. The van der Waals surface area contributed by atoms with Gasteiger partial charge in [-0.05, 0) is 54.3 Å². The van der Waals surface area contributed by atoms with Crippen LogP contribution in [0.3, 0.4) is 0 Å². The van der Waals surface area contributed by atoms with Crippen LogP contribution >= 0.6 is 0 Å². The van der Waals surface area contributed by atoms with Crippen molar-refractivity contribution >= 4 is 17.8 Å². The number of rotatable bonds is 9. The molecular formula is C54H88N4O17. The van der Waals surface area contributed by atoms with E-state index in [1.807, 2.05) is 56.3 Å². The van der Waals surface area contributed by atoms with Gasteiger partial charge in [0.15, 0.2) is 12.1 Å². The van der Waals surface area contributed by atoms with Crippen molar-refractivity contribution in [1.29, 1.82) is 0 Å². The summed E-state index contributed by atoms with van der Waals surface area (Å²) in [4.78, 5) is 41.0. The Balaban J connectivity index is 1.98. The van der Waals surface area contributed by atoms with E-state index in [9.17, 15) is 65.4 Å². The summed E-state index contributed by atoms with van der Waals surface area (Å²) in [5.41, 5.74) is 0. The Labute approximate surface area is 442 Å². The lowest BCUT2D eigenvalue weighted by Gasteiger charge is -2.46. The number of fused-ring (bicyclic) bond motifs is 2. The van der Waals surface area contributed by atoms with Crippen molar-refractivity contribution in [3.8, 4) is 0 Å². The van der Waals surface area contributed by atoms with Crippen molar-refractivity contribution in [2.75, 3.05) is 40.8 Å². The van der Waals surface area contributed by atoms with Gasteiger partial charge in [-0.2, -0.15) is 0 Å². The lowest BCUT2D eigenvalue weighted by Crippen LogP contribution is -2.64. The number of nitrogens with zero attached hydrogens (tertiary/aromatic N) is 1. The molecule has 21 nitrogen and oxygen atoms in total. The van der Waals surface area contributed by atoms with Crippen LogP contribution in [0.2, 0.25) is 0 Å². The van der Waals surface area contributed by atoms with E-state index in [0.717, 1.165) is 0 Å². The normalized spacial score (nSPS) is 41.0. The number of likely N-dealkylation sites (N-methyl/N-ethyl adjacent to an activating group) is 2. The summed E-state index contributed by atoms with van der Waals surface area (Å²) < 4.78 is 24.0. The van der Waals surface area contributed by atoms with E-state index in [1.165, 1.54) is 6.92 Å². The average molecular weight is 1070 g/mol. The fourth-order valence-corrected chi connectivity index (χ4v) is 9.05. The second kappa shape index (κ2) is 33.3. The number of amides is 2. The molecule has 3 aliphatic rings. The average Bonchev–Trinajstić information content (AvgIpc) is 3.32. The molecule has 13 N–H and O–H groups in total. The van der Waals surface area contributed by atoms with Gasteiger partial charge in [-0.25, -0.2) is 0 Å². The Kier molecular flexibility index (Phi) is 29.0. The van der Waals surface area contributed by atoms with Crippen LogP contribution in [-0.2, 0) is 33.3 Å². The molecule has 0 spiro atoms. The monoisotopic (exact) mass is 1060 g/mol. The largest absolute Gasteiger partial charge is 0.462 e. The minimum Gasteiger partial charge on any atom is -0.462 e. The molecule has 3 aliphatic heterocycles. The van der Waals surface area contributed by atoms with Gasteiger partial charge in [-0.3, -0.25) is 14.4 Å². The number of carbonyl (C=O) groups is 3. The van der Waals surface area contributed by atoms with Crippen LogP contribution in [0.1, 0.15) is 79.1 Å². The number of nitrogens with one attached hydrogen (secondary N) is 3. The molecule has 2 bridgehead atoms. The number of aliphatic hydroxyl groups is 10. The standard InChI is InChI=1S/C54H88N4O17/c1-33-20-18-16-14-12-10-8-9-11-13-15-17-19-21-40(74-53-51(69)48(50(68)36(4)73-53)57-45(65)32-55-5)29-44-47(52(70)56-24-25-58(6)7)43(64)31-54(71,75-44)30-39(61)27-42(63)41(62)23-22-37(59)26-38(60)28-46(66)72-35(3)34(2)49(33)67/h8-21,33-44,47-51,53,55,59-64,67-69,71H,22-32H2,1-7H3,(H,56,70)(H,57,65)/b9-8-,12-10-,13-11-,16-14-,17-15-,20-18-,21-19+/t33-,34-,35-,36+,37+,38+,39-,40-,41+,42+,43-,44-,47+,48-,49+,50+,51-,53-,54+/m0/s1. The van der Waals surface area contributed by atoms with Crippen LogP contribution < -0.4 is 16.0 Å². The fourth-order valence-electron chi connectivity index (χ4n) is 9.05. The van der Waals surface area contributed by atoms with Crippen molar-refractivity contribution < 1.29 is 84.4 Å². The van der Waals surface area contributed by atoms with Gasteiger partial charge >= 0.3 is 5.97 Å². The van der Waals surface area contributed by atoms with Gasteiger partial charge in [-0.1, -0.05) is 98.9 Å². The maximum absolute atomic E-state index is 13.9. The molecule has 0 aliphatic carbocycles. The maximum atomic E-state index is 13.9. The molecule has 426 valence electrons. The van der Waals surface area contributed by atoms with Gasteiger partial charge in [0.05, 0.1) is 86.0 Å². The molecule has 0 radical (unpaired) electrons. The molecule has 19 atom stereocenters. The molecule has 0 aromatic rings. The highest BCUT2D eigenvalue weighted by atomic mass is 16.7. The van der Waals surface area contributed by atoms with Crippen molar-refractivity contribution in [3.05, 3.63) is 85.1 Å². The van der Waals surface area contributed by atoms with Crippen molar-refractivity contribution in [2.24, 2.45) is 17.8 Å². The fraction of sp³-hybridized carbons (Fsp3) is 0.685. The van der Waals surface area contributed by atoms with Gasteiger partial charge in [-0.15, -0.1) is 0 Å². The number of esters is 1. The van der Waals surface area contributed by atoms with Gasteiger partial charge in [0.25, 0.3) is 0 Å². The maximum Gasteiger partial charge on any atom is 0.308 e. The zero-order valence-electron chi connectivity index (χ0n) is 44.5. The van der Waals surface area contributed by atoms with Crippen LogP contribution in [0.5, 0.6) is 0 Å². The number of hydrogen-bond acceptors (Lipinski definition) is 19. The highest BCUT2D eigenvalue weighted by Gasteiger charge is 2.51. The Morgan fingerprint density at radius 3 is 1.91 bits per heavy atom. The summed E-state index contributed by atoms with van der Waals surface area (Å²) in [6.07, 6.45) is 3.76. The van der Waals surface area contributed by atoms with Gasteiger partial charge in [0.2, 0.25) is 11.8 Å². The summed E-state index contributed by atoms with van der Waals surface area (Å²) in [5.74, 6) is -6.20. The molecule has 3 rings (SSSR count). The van der Waals surface area contributed by atoms with E-state index in [-0.39, 0.29) is 44.7 Å². The van der Waals surface area contributed by atoms with Gasteiger partial charge in [0.1, 0.15) is 18.3 Å². The number of carbonyl (C=O) groups excluding carboxylic acids is 3. The minimum atomic E-state index is -2.30. The van der Waals surface area contributed by atoms with Crippen LogP contribution in [0.15, 0.2) is 85.1 Å². The van der Waals surface area contributed by atoms with Crippen LogP contribution in [0.25, 0.3) is 0 Å². The summed E-state index contributed by atoms with van der Waals surface area (Å²) >= 11 is 0. The molecule has 0 aromatic carbocycles. The van der Waals surface area contributed by atoms with E-state index < -0.39 is 153 Å². The highest BCUT2D eigenvalue weighted by molar-refractivity contribution is 5.80. The molecule has 0 aromatic heterocycles. The summed E-state index contributed by atoms with van der Waals surface area (Å²) in [6.45, 7) is 7.31. The van der Waals surface area contributed by atoms with Gasteiger partial charge in [0, 0.05) is 50.6 Å². The smallest absolute Gasteiger partial charge is 0.308 e. The lowest BCUT2D eigenvalue weighted by molar-refractivity contribution is -0.307. The third kappa shape index (κ3) is 23.2.